The van der Waals surface area contributed by atoms with Crippen LogP contribution in [-0.2, 0) is 9.59 Å². The molecule has 8 heteroatoms. The molecule has 1 atom stereocenters. The molecule has 2 amide bonds. The summed E-state index contributed by atoms with van der Waals surface area (Å²) < 4.78 is 10.6. The molecule has 0 spiro atoms. The molecule has 3 aromatic carbocycles. The molecule has 0 aliphatic carbocycles. The van der Waals surface area contributed by atoms with Gasteiger partial charge in [-0.05, 0) is 60.7 Å². The molecule has 1 saturated heterocycles. The fourth-order valence-corrected chi connectivity index (χ4v) is 3.88. The van der Waals surface area contributed by atoms with Crippen LogP contribution >= 0.6 is 0 Å². The lowest BCUT2D eigenvalue weighted by Gasteiger charge is -2.16. The van der Waals surface area contributed by atoms with E-state index in [9.17, 15) is 9.59 Å². The van der Waals surface area contributed by atoms with Crippen molar-refractivity contribution in [1.82, 2.24) is 10.1 Å². The third kappa shape index (κ3) is 4.38. The zero-order valence-electron chi connectivity index (χ0n) is 18.5. The summed E-state index contributed by atoms with van der Waals surface area (Å²) in [6.07, 6.45) is 0.189. The standard InChI is InChI=1S/C26H22N4O4/c1-33-22-13-9-17(10-14-22)24-28-26(34-29-24)18-7-11-20(12-8-18)27-25(32)19-15-23(31)30(16-19)21-5-3-2-4-6-21/h2-14,19H,15-16H2,1H3,(H,27,32)/t19-/m1/s1. The number of rotatable bonds is 6. The molecule has 4 aromatic rings. The van der Waals surface area contributed by atoms with Crippen molar-refractivity contribution >= 4 is 23.2 Å². The Kier molecular flexibility index (Phi) is 5.78. The Bertz CT molecular complexity index is 1300. The van der Waals surface area contributed by atoms with Crippen molar-refractivity contribution in [2.75, 3.05) is 23.9 Å². The number of hydrogen-bond donors (Lipinski definition) is 1. The fourth-order valence-electron chi connectivity index (χ4n) is 3.88. The molecule has 1 aliphatic rings. The number of amides is 2. The van der Waals surface area contributed by atoms with Gasteiger partial charge >= 0.3 is 0 Å². The number of ether oxygens (including phenoxy) is 1. The molecule has 0 unspecified atom stereocenters. The summed E-state index contributed by atoms with van der Waals surface area (Å²) in [7, 11) is 1.61. The van der Waals surface area contributed by atoms with E-state index in [1.165, 1.54) is 0 Å². The van der Waals surface area contributed by atoms with E-state index in [1.807, 2.05) is 54.6 Å². The summed E-state index contributed by atoms with van der Waals surface area (Å²) in [5, 5.41) is 6.95. The quantitative estimate of drug-likeness (QED) is 0.464. The van der Waals surface area contributed by atoms with Crippen LogP contribution < -0.4 is 15.0 Å². The third-order valence-corrected chi connectivity index (χ3v) is 5.74. The average Bonchev–Trinajstić information content (AvgIpc) is 3.53. The minimum absolute atomic E-state index is 0.0502. The number of aromatic nitrogens is 2. The van der Waals surface area contributed by atoms with Crippen LogP contribution in [0.25, 0.3) is 22.8 Å². The minimum atomic E-state index is -0.407. The Balaban J connectivity index is 1.23. The average molecular weight is 454 g/mol. The Morgan fingerprint density at radius 3 is 2.41 bits per heavy atom. The largest absolute Gasteiger partial charge is 0.497 e. The molecule has 1 aliphatic heterocycles. The Morgan fingerprint density at radius 2 is 1.71 bits per heavy atom. The predicted molar refractivity (Wildman–Crippen MR) is 127 cm³/mol. The number of methoxy groups -OCH3 is 1. The number of anilines is 2. The van der Waals surface area contributed by atoms with Gasteiger partial charge in [-0.25, -0.2) is 0 Å². The van der Waals surface area contributed by atoms with Crippen molar-refractivity contribution in [2.24, 2.45) is 5.92 Å². The van der Waals surface area contributed by atoms with Gasteiger partial charge in [-0.15, -0.1) is 0 Å². The van der Waals surface area contributed by atoms with Gasteiger partial charge < -0.3 is 19.5 Å². The summed E-state index contributed by atoms with van der Waals surface area (Å²) in [6.45, 7) is 0.364. The van der Waals surface area contributed by atoms with Gasteiger partial charge in [0.05, 0.1) is 13.0 Å². The van der Waals surface area contributed by atoms with Crippen molar-refractivity contribution in [2.45, 2.75) is 6.42 Å². The highest BCUT2D eigenvalue weighted by molar-refractivity contribution is 6.03. The Hall–Kier alpha value is -4.46. The van der Waals surface area contributed by atoms with Crippen LogP contribution in [0.15, 0.2) is 83.4 Å². The summed E-state index contributed by atoms with van der Waals surface area (Å²) in [5.41, 5.74) is 2.99. The molecule has 1 N–H and O–H groups in total. The lowest BCUT2D eigenvalue weighted by Crippen LogP contribution is -2.28. The second-order valence-electron chi connectivity index (χ2n) is 7.96. The van der Waals surface area contributed by atoms with Crippen molar-refractivity contribution in [1.29, 1.82) is 0 Å². The van der Waals surface area contributed by atoms with E-state index < -0.39 is 5.92 Å². The molecule has 0 saturated carbocycles. The SMILES string of the molecule is COc1ccc(-c2noc(-c3ccc(NC(=O)[C@@H]4CC(=O)N(c5ccccc5)C4)cc3)n2)cc1. The van der Waals surface area contributed by atoms with Crippen LogP contribution in [0, 0.1) is 5.92 Å². The van der Waals surface area contributed by atoms with Crippen LogP contribution in [0.3, 0.4) is 0 Å². The summed E-state index contributed by atoms with van der Waals surface area (Å²) in [5.74, 6) is 0.965. The normalized spacial score (nSPS) is 15.4. The molecule has 1 aromatic heterocycles. The zero-order valence-corrected chi connectivity index (χ0v) is 18.5. The Morgan fingerprint density at radius 1 is 1.00 bits per heavy atom. The summed E-state index contributed by atoms with van der Waals surface area (Å²) >= 11 is 0. The maximum absolute atomic E-state index is 12.8. The number of carbonyl (C=O) groups excluding carboxylic acids is 2. The number of benzene rings is 3. The maximum atomic E-state index is 12.8. The smallest absolute Gasteiger partial charge is 0.258 e. The highest BCUT2D eigenvalue weighted by Gasteiger charge is 2.35. The summed E-state index contributed by atoms with van der Waals surface area (Å²) in [6, 6.07) is 23.9. The van der Waals surface area contributed by atoms with Crippen molar-refractivity contribution < 1.29 is 18.8 Å². The first-order chi connectivity index (χ1) is 16.6. The summed E-state index contributed by atoms with van der Waals surface area (Å²) in [4.78, 5) is 31.3. The van der Waals surface area contributed by atoms with E-state index >= 15 is 0 Å². The molecule has 1 fully saturated rings. The fraction of sp³-hybridized carbons (Fsp3) is 0.154. The second kappa shape index (κ2) is 9.19. The first-order valence-corrected chi connectivity index (χ1v) is 10.9. The number of hydrogen-bond acceptors (Lipinski definition) is 6. The molecule has 0 bridgehead atoms. The molecule has 8 nitrogen and oxygen atoms in total. The minimum Gasteiger partial charge on any atom is -0.497 e. The van der Waals surface area contributed by atoms with E-state index in [2.05, 4.69) is 15.5 Å². The first kappa shape index (κ1) is 21.4. The molecule has 2 heterocycles. The Labute approximate surface area is 196 Å². The van der Waals surface area contributed by atoms with Gasteiger partial charge in [0, 0.05) is 35.5 Å². The second-order valence-corrected chi connectivity index (χ2v) is 7.96. The van der Waals surface area contributed by atoms with Crippen LogP contribution in [0.5, 0.6) is 5.75 Å². The first-order valence-electron chi connectivity index (χ1n) is 10.9. The van der Waals surface area contributed by atoms with Crippen LogP contribution in [0.4, 0.5) is 11.4 Å². The monoisotopic (exact) mass is 454 g/mol. The number of carbonyl (C=O) groups is 2. The van der Waals surface area contributed by atoms with E-state index in [1.54, 1.807) is 36.3 Å². The highest BCUT2D eigenvalue weighted by Crippen LogP contribution is 2.27. The van der Waals surface area contributed by atoms with Gasteiger partial charge in [0.15, 0.2) is 0 Å². The highest BCUT2D eigenvalue weighted by atomic mass is 16.5. The topological polar surface area (TPSA) is 97.6 Å². The van der Waals surface area contributed by atoms with Crippen LogP contribution in [0.2, 0.25) is 0 Å². The van der Waals surface area contributed by atoms with Gasteiger partial charge in [0.1, 0.15) is 5.75 Å². The van der Waals surface area contributed by atoms with Gasteiger partial charge in [-0.2, -0.15) is 4.98 Å². The number of nitrogens with one attached hydrogen (secondary N) is 1. The molecule has 170 valence electrons. The van der Waals surface area contributed by atoms with Crippen molar-refractivity contribution in [3.63, 3.8) is 0 Å². The van der Waals surface area contributed by atoms with Crippen LogP contribution in [-0.4, -0.2) is 35.6 Å². The van der Waals surface area contributed by atoms with Crippen molar-refractivity contribution in [3.05, 3.63) is 78.9 Å². The van der Waals surface area contributed by atoms with E-state index in [4.69, 9.17) is 9.26 Å². The molecular formula is C26H22N4O4. The van der Waals surface area contributed by atoms with E-state index in [0.29, 0.717) is 23.9 Å². The molecule has 0 radical (unpaired) electrons. The van der Waals surface area contributed by atoms with Crippen LogP contribution in [0.1, 0.15) is 6.42 Å². The number of nitrogens with zero attached hydrogens (tertiary/aromatic N) is 3. The van der Waals surface area contributed by atoms with Crippen molar-refractivity contribution in [3.8, 4) is 28.6 Å². The molecule has 5 rings (SSSR count). The van der Waals surface area contributed by atoms with E-state index in [0.717, 1.165) is 22.6 Å². The third-order valence-electron chi connectivity index (χ3n) is 5.74. The molecular weight excluding hydrogens is 432 g/mol. The predicted octanol–water partition coefficient (Wildman–Crippen LogP) is 4.40. The lowest BCUT2D eigenvalue weighted by molar-refractivity contribution is -0.122. The number of para-hydroxylation sites is 1. The van der Waals surface area contributed by atoms with Gasteiger partial charge in [-0.3, -0.25) is 9.59 Å². The maximum Gasteiger partial charge on any atom is 0.258 e. The van der Waals surface area contributed by atoms with Gasteiger partial charge in [0.25, 0.3) is 5.89 Å². The lowest BCUT2D eigenvalue weighted by atomic mass is 10.1. The van der Waals surface area contributed by atoms with Gasteiger partial charge in [0.2, 0.25) is 17.6 Å². The molecule has 34 heavy (non-hydrogen) atoms. The zero-order chi connectivity index (χ0) is 23.5. The van der Waals surface area contributed by atoms with Gasteiger partial charge in [-0.1, -0.05) is 23.4 Å². The van der Waals surface area contributed by atoms with E-state index in [-0.39, 0.29) is 18.2 Å².